The highest BCUT2D eigenvalue weighted by Crippen LogP contribution is 2.24. The summed E-state index contributed by atoms with van der Waals surface area (Å²) in [5.74, 6) is 1.17. The second-order valence-corrected chi connectivity index (χ2v) is 7.69. The molecule has 0 bridgehead atoms. The number of ether oxygens (including phenoxy) is 2. The molecule has 0 aliphatic carbocycles. The molecule has 150 valence electrons. The van der Waals surface area contributed by atoms with Crippen molar-refractivity contribution in [2.45, 2.75) is 52.6 Å². The minimum absolute atomic E-state index is 0.0799. The van der Waals surface area contributed by atoms with Gasteiger partial charge in [0.2, 0.25) is 0 Å². The summed E-state index contributed by atoms with van der Waals surface area (Å²) in [6, 6.07) is 15.3. The zero-order valence-corrected chi connectivity index (χ0v) is 17.4. The van der Waals surface area contributed by atoms with Gasteiger partial charge in [-0.2, -0.15) is 5.10 Å². The molecule has 0 fully saturated rings. The standard InChI is InChI=1S/C23H30N2O3/c1-6-15-27-20-11-7-18(8-12-20)16-24-25-22(26)17(2)28-21-13-9-19(10-14-21)23(3,4)5/h7-14,16-17H,6,15H2,1-5H3,(H,25,26)/b24-16+. The monoisotopic (exact) mass is 382 g/mol. The van der Waals surface area contributed by atoms with Gasteiger partial charge >= 0.3 is 0 Å². The molecular weight excluding hydrogens is 352 g/mol. The Morgan fingerprint density at radius 3 is 2.25 bits per heavy atom. The van der Waals surface area contributed by atoms with E-state index in [4.69, 9.17) is 9.47 Å². The third kappa shape index (κ3) is 6.72. The molecule has 0 heterocycles. The second kappa shape index (κ2) is 9.93. The second-order valence-electron chi connectivity index (χ2n) is 7.69. The van der Waals surface area contributed by atoms with Crippen LogP contribution >= 0.6 is 0 Å². The summed E-state index contributed by atoms with van der Waals surface area (Å²) in [7, 11) is 0. The topological polar surface area (TPSA) is 59.9 Å². The molecule has 0 aliphatic heterocycles. The van der Waals surface area contributed by atoms with Gasteiger partial charge in [0, 0.05) is 0 Å². The normalized spacial score (nSPS) is 12.6. The summed E-state index contributed by atoms with van der Waals surface area (Å²) >= 11 is 0. The molecule has 1 atom stereocenters. The maximum atomic E-state index is 12.2. The number of hydrogen-bond donors (Lipinski definition) is 1. The van der Waals surface area contributed by atoms with E-state index in [2.05, 4.69) is 38.2 Å². The average Bonchev–Trinajstić information content (AvgIpc) is 2.67. The highest BCUT2D eigenvalue weighted by molar-refractivity contribution is 5.84. The Balaban J connectivity index is 1.84. The third-order valence-corrected chi connectivity index (χ3v) is 4.14. The van der Waals surface area contributed by atoms with E-state index in [9.17, 15) is 4.79 Å². The van der Waals surface area contributed by atoms with Crippen molar-refractivity contribution in [1.29, 1.82) is 0 Å². The number of carbonyl (C=O) groups excluding carboxylic acids is 1. The van der Waals surface area contributed by atoms with E-state index in [0.29, 0.717) is 12.4 Å². The van der Waals surface area contributed by atoms with Crippen molar-refractivity contribution in [1.82, 2.24) is 5.43 Å². The van der Waals surface area contributed by atoms with Crippen molar-refractivity contribution in [3.05, 3.63) is 59.7 Å². The minimum Gasteiger partial charge on any atom is -0.494 e. The van der Waals surface area contributed by atoms with Crippen LogP contribution in [0.2, 0.25) is 0 Å². The first kappa shape index (κ1) is 21.5. The van der Waals surface area contributed by atoms with Crippen molar-refractivity contribution in [2.75, 3.05) is 6.61 Å². The molecule has 28 heavy (non-hydrogen) atoms. The van der Waals surface area contributed by atoms with Crippen molar-refractivity contribution < 1.29 is 14.3 Å². The van der Waals surface area contributed by atoms with Crippen LogP contribution in [0.4, 0.5) is 0 Å². The predicted molar refractivity (Wildman–Crippen MR) is 113 cm³/mol. The number of nitrogens with zero attached hydrogens (tertiary/aromatic N) is 1. The molecule has 1 amide bonds. The summed E-state index contributed by atoms with van der Waals surface area (Å²) < 4.78 is 11.2. The number of rotatable bonds is 8. The first-order valence-electron chi connectivity index (χ1n) is 9.62. The zero-order valence-electron chi connectivity index (χ0n) is 17.4. The molecule has 5 nitrogen and oxygen atoms in total. The molecule has 2 aromatic carbocycles. The Bertz CT molecular complexity index is 775. The average molecular weight is 383 g/mol. The Kier molecular flexibility index (Phi) is 7.61. The molecule has 1 unspecified atom stereocenters. The molecule has 1 N–H and O–H groups in total. The summed E-state index contributed by atoms with van der Waals surface area (Å²) in [5, 5.41) is 4.00. The van der Waals surface area contributed by atoms with E-state index >= 15 is 0 Å². The summed E-state index contributed by atoms with van der Waals surface area (Å²) in [6.45, 7) is 10.9. The van der Waals surface area contributed by atoms with E-state index < -0.39 is 6.10 Å². The van der Waals surface area contributed by atoms with Gasteiger partial charge in [-0.05, 0) is 66.3 Å². The SMILES string of the molecule is CCCOc1ccc(/C=N/NC(=O)C(C)Oc2ccc(C(C)(C)C)cc2)cc1. The van der Waals surface area contributed by atoms with Crippen LogP contribution in [0.1, 0.15) is 52.2 Å². The van der Waals surface area contributed by atoms with Gasteiger partial charge in [-0.25, -0.2) is 5.43 Å². The quantitative estimate of drug-likeness (QED) is 0.532. The number of hydrazone groups is 1. The molecule has 0 radical (unpaired) electrons. The number of hydrogen-bond acceptors (Lipinski definition) is 4. The van der Waals surface area contributed by atoms with Gasteiger partial charge in [0.25, 0.3) is 5.91 Å². The lowest BCUT2D eigenvalue weighted by molar-refractivity contribution is -0.127. The van der Waals surface area contributed by atoms with Crippen LogP contribution in [0.5, 0.6) is 11.5 Å². The maximum Gasteiger partial charge on any atom is 0.280 e. The molecule has 2 aromatic rings. The minimum atomic E-state index is -0.651. The Morgan fingerprint density at radius 2 is 1.68 bits per heavy atom. The van der Waals surface area contributed by atoms with Crippen LogP contribution in [-0.4, -0.2) is 24.8 Å². The Labute approximate surface area is 167 Å². The molecule has 0 spiro atoms. The fraction of sp³-hybridized carbons (Fsp3) is 0.391. The fourth-order valence-corrected chi connectivity index (χ4v) is 2.42. The molecule has 0 aliphatic rings. The molecule has 0 saturated carbocycles. The Hall–Kier alpha value is -2.82. The van der Waals surface area contributed by atoms with Gasteiger partial charge < -0.3 is 9.47 Å². The van der Waals surface area contributed by atoms with Gasteiger partial charge in [-0.15, -0.1) is 0 Å². The zero-order chi connectivity index (χ0) is 20.6. The Morgan fingerprint density at radius 1 is 1.07 bits per heavy atom. The largest absolute Gasteiger partial charge is 0.494 e. The third-order valence-electron chi connectivity index (χ3n) is 4.14. The van der Waals surface area contributed by atoms with Gasteiger partial charge in [-0.1, -0.05) is 39.8 Å². The number of carbonyl (C=O) groups is 1. The van der Waals surface area contributed by atoms with Gasteiger partial charge in [0.15, 0.2) is 6.10 Å². The summed E-state index contributed by atoms with van der Waals surface area (Å²) in [6.07, 6.45) is 1.91. The van der Waals surface area contributed by atoms with Crippen LogP contribution in [0.3, 0.4) is 0 Å². The molecular formula is C23H30N2O3. The highest BCUT2D eigenvalue weighted by Gasteiger charge is 2.16. The lowest BCUT2D eigenvalue weighted by Gasteiger charge is -2.19. The van der Waals surface area contributed by atoms with E-state index in [1.807, 2.05) is 48.5 Å². The number of benzene rings is 2. The van der Waals surface area contributed by atoms with Crippen molar-refractivity contribution in [3.63, 3.8) is 0 Å². The van der Waals surface area contributed by atoms with Gasteiger partial charge in [0.1, 0.15) is 11.5 Å². The molecule has 5 heteroatoms. The van der Waals surface area contributed by atoms with E-state index in [-0.39, 0.29) is 11.3 Å². The van der Waals surface area contributed by atoms with Crippen molar-refractivity contribution in [2.24, 2.45) is 5.10 Å². The number of amides is 1. The van der Waals surface area contributed by atoms with Crippen LogP contribution < -0.4 is 14.9 Å². The fourth-order valence-electron chi connectivity index (χ4n) is 2.42. The van der Waals surface area contributed by atoms with E-state index in [1.165, 1.54) is 5.56 Å². The van der Waals surface area contributed by atoms with Crippen LogP contribution in [0.15, 0.2) is 53.6 Å². The lowest BCUT2D eigenvalue weighted by Crippen LogP contribution is -2.33. The van der Waals surface area contributed by atoms with Crippen molar-refractivity contribution in [3.8, 4) is 11.5 Å². The van der Waals surface area contributed by atoms with E-state index in [1.54, 1.807) is 13.1 Å². The van der Waals surface area contributed by atoms with Gasteiger partial charge in [-0.3, -0.25) is 4.79 Å². The van der Waals surface area contributed by atoms with Crippen LogP contribution in [0.25, 0.3) is 0 Å². The van der Waals surface area contributed by atoms with Gasteiger partial charge in [0.05, 0.1) is 12.8 Å². The molecule has 0 aromatic heterocycles. The molecule has 2 rings (SSSR count). The highest BCUT2D eigenvalue weighted by atomic mass is 16.5. The smallest absolute Gasteiger partial charge is 0.280 e. The van der Waals surface area contributed by atoms with Crippen LogP contribution in [-0.2, 0) is 10.2 Å². The van der Waals surface area contributed by atoms with Crippen LogP contribution in [0, 0.1) is 0 Å². The summed E-state index contributed by atoms with van der Waals surface area (Å²) in [4.78, 5) is 12.2. The number of nitrogens with one attached hydrogen (secondary N) is 1. The molecule has 0 saturated heterocycles. The van der Waals surface area contributed by atoms with Crippen molar-refractivity contribution >= 4 is 12.1 Å². The van der Waals surface area contributed by atoms with E-state index in [0.717, 1.165) is 17.7 Å². The predicted octanol–water partition coefficient (Wildman–Crippen LogP) is 4.69. The maximum absolute atomic E-state index is 12.2. The lowest BCUT2D eigenvalue weighted by atomic mass is 9.87. The first-order valence-corrected chi connectivity index (χ1v) is 9.62. The first-order chi connectivity index (χ1) is 13.3. The summed E-state index contributed by atoms with van der Waals surface area (Å²) in [5.41, 5.74) is 4.68.